The van der Waals surface area contributed by atoms with Gasteiger partial charge in [-0.15, -0.1) is 0 Å². The Morgan fingerprint density at radius 2 is 2.33 bits per heavy atom. The predicted molar refractivity (Wildman–Crippen MR) is 47.7 cm³/mol. The van der Waals surface area contributed by atoms with E-state index in [1.165, 1.54) is 11.1 Å². The van der Waals surface area contributed by atoms with Crippen molar-refractivity contribution in [3.8, 4) is 0 Å². The standard InChI is InChI=1S/C10H13NO/c1-8(12)11-6-9-4-2-3-5-10(9)7-11/h2,4H,3,5-7H2,1H3. The van der Waals surface area contributed by atoms with Gasteiger partial charge in [0.1, 0.15) is 0 Å². The van der Waals surface area contributed by atoms with Crippen LogP contribution < -0.4 is 0 Å². The topological polar surface area (TPSA) is 20.3 Å². The summed E-state index contributed by atoms with van der Waals surface area (Å²) in [5.41, 5.74) is 2.84. The summed E-state index contributed by atoms with van der Waals surface area (Å²) in [4.78, 5) is 13.0. The van der Waals surface area contributed by atoms with Gasteiger partial charge in [0.15, 0.2) is 0 Å². The summed E-state index contributed by atoms with van der Waals surface area (Å²) in [6.07, 6.45) is 6.66. The number of allylic oxidation sites excluding steroid dienone is 1. The van der Waals surface area contributed by atoms with Crippen LogP contribution in [0.2, 0.25) is 0 Å². The molecule has 0 aromatic heterocycles. The highest BCUT2D eigenvalue weighted by molar-refractivity contribution is 5.75. The zero-order valence-corrected chi connectivity index (χ0v) is 7.34. The van der Waals surface area contributed by atoms with Crippen LogP contribution >= 0.6 is 0 Å². The van der Waals surface area contributed by atoms with E-state index in [2.05, 4.69) is 12.2 Å². The fraction of sp³-hybridized carbons (Fsp3) is 0.500. The molecule has 0 unspecified atom stereocenters. The number of rotatable bonds is 0. The Bertz CT molecular complexity index is 276. The molecule has 64 valence electrons. The molecule has 0 spiro atoms. The molecule has 2 aliphatic rings. The maximum Gasteiger partial charge on any atom is 0.220 e. The Balaban J connectivity index is 2.12. The molecule has 0 saturated heterocycles. The molecule has 0 bridgehead atoms. The molecule has 1 aliphatic carbocycles. The monoisotopic (exact) mass is 163 g/mol. The van der Waals surface area contributed by atoms with Gasteiger partial charge in [-0.2, -0.15) is 0 Å². The Hall–Kier alpha value is -1.05. The third-order valence-electron chi connectivity index (χ3n) is 2.57. The van der Waals surface area contributed by atoms with Gasteiger partial charge in [0, 0.05) is 20.0 Å². The van der Waals surface area contributed by atoms with Gasteiger partial charge in [-0.3, -0.25) is 4.79 Å². The molecule has 1 heterocycles. The summed E-state index contributed by atoms with van der Waals surface area (Å²) in [5, 5.41) is 0. The summed E-state index contributed by atoms with van der Waals surface area (Å²) in [5.74, 6) is 0.192. The molecule has 1 aliphatic heterocycles. The summed E-state index contributed by atoms with van der Waals surface area (Å²) < 4.78 is 0. The third kappa shape index (κ3) is 1.17. The minimum atomic E-state index is 0.192. The molecule has 0 N–H and O–H groups in total. The van der Waals surface area contributed by atoms with Crippen LogP contribution in [0.25, 0.3) is 0 Å². The molecule has 2 nitrogen and oxygen atoms in total. The van der Waals surface area contributed by atoms with E-state index in [0.29, 0.717) is 0 Å². The van der Waals surface area contributed by atoms with Gasteiger partial charge in [0.25, 0.3) is 0 Å². The quantitative estimate of drug-likeness (QED) is 0.530. The number of carbonyl (C=O) groups is 1. The second kappa shape index (κ2) is 2.77. The third-order valence-corrected chi connectivity index (χ3v) is 2.57. The highest BCUT2D eigenvalue weighted by atomic mass is 16.2. The molecular formula is C10H13NO. The summed E-state index contributed by atoms with van der Waals surface area (Å²) in [6.45, 7) is 3.35. The Morgan fingerprint density at radius 3 is 3.00 bits per heavy atom. The van der Waals surface area contributed by atoms with Crippen LogP contribution in [0.1, 0.15) is 19.8 Å². The van der Waals surface area contributed by atoms with Gasteiger partial charge in [-0.05, 0) is 24.0 Å². The molecule has 2 heteroatoms. The maximum absolute atomic E-state index is 11.1. The second-order valence-electron chi connectivity index (χ2n) is 3.44. The number of amides is 1. The molecule has 0 radical (unpaired) electrons. The van der Waals surface area contributed by atoms with Crippen molar-refractivity contribution in [3.63, 3.8) is 0 Å². The first-order valence-corrected chi connectivity index (χ1v) is 4.40. The lowest BCUT2D eigenvalue weighted by atomic mass is 10.0. The summed E-state index contributed by atoms with van der Waals surface area (Å²) >= 11 is 0. The summed E-state index contributed by atoms with van der Waals surface area (Å²) in [7, 11) is 0. The fourth-order valence-corrected chi connectivity index (χ4v) is 1.82. The zero-order valence-electron chi connectivity index (χ0n) is 7.34. The largest absolute Gasteiger partial charge is 0.335 e. The second-order valence-corrected chi connectivity index (χ2v) is 3.44. The fourth-order valence-electron chi connectivity index (χ4n) is 1.82. The van der Waals surface area contributed by atoms with E-state index in [1.807, 2.05) is 4.90 Å². The van der Waals surface area contributed by atoms with E-state index in [1.54, 1.807) is 6.92 Å². The van der Waals surface area contributed by atoms with E-state index in [4.69, 9.17) is 0 Å². The predicted octanol–water partition coefficient (Wildman–Crippen LogP) is 1.50. The van der Waals surface area contributed by atoms with E-state index in [-0.39, 0.29) is 5.91 Å². The number of hydrogen-bond acceptors (Lipinski definition) is 1. The molecular weight excluding hydrogens is 150 g/mol. The molecule has 0 fully saturated rings. The average Bonchev–Trinajstić information content (AvgIpc) is 2.46. The van der Waals surface area contributed by atoms with Gasteiger partial charge in [-0.1, -0.05) is 12.2 Å². The first-order chi connectivity index (χ1) is 5.77. The van der Waals surface area contributed by atoms with Crippen LogP contribution in [0.4, 0.5) is 0 Å². The zero-order chi connectivity index (χ0) is 8.55. The molecule has 0 aromatic rings. The Kier molecular flexibility index (Phi) is 1.75. The Morgan fingerprint density at radius 1 is 1.50 bits per heavy atom. The van der Waals surface area contributed by atoms with Crippen molar-refractivity contribution in [3.05, 3.63) is 23.3 Å². The highest BCUT2D eigenvalue weighted by Gasteiger charge is 2.22. The van der Waals surface area contributed by atoms with Crippen molar-refractivity contribution in [2.24, 2.45) is 0 Å². The lowest BCUT2D eigenvalue weighted by Crippen LogP contribution is -2.26. The van der Waals surface area contributed by atoms with Gasteiger partial charge in [0.05, 0.1) is 0 Å². The van der Waals surface area contributed by atoms with E-state index < -0.39 is 0 Å². The normalized spacial score (nSPS) is 21.6. The number of nitrogens with zero attached hydrogens (tertiary/aromatic N) is 1. The van der Waals surface area contributed by atoms with Crippen molar-refractivity contribution in [1.82, 2.24) is 4.90 Å². The van der Waals surface area contributed by atoms with Crippen LogP contribution in [-0.4, -0.2) is 23.9 Å². The molecule has 0 saturated carbocycles. The van der Waals surface area contributed by atoms with Crippen molar-refractivity contribution in [2.75, 3.05) is 13.1 Å². The van der Waals surface area contributed by atoms with Gasteiger partial charge in [0.2, 0.25) is 5.91 Å². The highest BCUT2D eigenvalue weighted by Crippen LogP contribution is 2.26. The van der Waals surface area contributed by atoms with Crippen molar-refractivity contribution in [1.29, 1.82) is 0 Å². The maximum atomic E-state index is 11.1. The van der Waals surface area contributed by atoms with Crippen LogP contribution in [-0.2, 0) is 4.79 Å². The van der Waals surface area contributed by atoms with E-state index in [9.17, 15) is 4.79 Å². The smallest absolute Gasteiger partial charge is 0.220 e. The van der Waals surface area contributed by atoms with Gasteiger partial charge >= 0.3 is 0 Å². The minimum Gasteiger partial charge on any atom is -0.335 e. The van der Waals surface area contributed by atoms with Crippen LogP contribution in [0, 0.1) is 0 Å². The first-order valence-electron chi connectivity index (χ1n) is 4.40. The first kappa shape index (κ1) is 7.59. The van der Waals surface area contributed by atoms with Gasteiger partial charge in [-0.25, -0.2) is 0 Å². The van der Waals surface area contributed by atoms with Crippen LogP contribution in [0.5, 0.6) is 0 Å². The SMILES string of the molecule is CC(=O)N1CC2=C(CCC=C2)C1. The lowest BCUT2D eigenvalue weighted by molar-refractivity contribution is -0.127. The van der Waals surface area contributed by atoms with Crippen molar-refractivity contribution < 1.29 is 4.79 Å². The number of hydrogen-bond donors (Lipinski definition) is 0. The van der Waals surface area contributed by atoms with Crippen molar-refractivity contribution in [2.45, 2.75) is 19.8 Å². The van der Waals surface area contributed by atoms with Crippen LogP contribution in [0.3, 0.4) is 0 Å². The summed E-state index contributed by atoms with van der Waals surface area (Å²) in [6, 6.07) is 0. The lowest BCUT2D eigenvalue weighted by Gasteiger charge is -2.12. The molecule has 1 amide bonds. The molecule has 0 aromatic carbocycles. The van der Waals surface area contributed by atoms with Gasteiger partial charge < -0.3 is 4.90 Å². The molecule has 12 heavy (non-hydrogen) atoms. The Labute approximate surface area is 72.6 Å². The van der Waals surface area contributed by atoms with Crippen LogP contribution in [0.15, 0.2) is 23.3 Å². The molecule has 0 atom stereocenters. The minimum absolute atomic E-state index is 0.192. The van der Waals surface area contributed by atoms with Crippen molar-refractivity contribution >= 4 is 5.91 Å². The number of carbonyl (C=O) groups excluding carboxylic acids is 1. The van der Waals surface area contributed by atoms with E-state index >= 15 is 0 Å². The average molecular weight is 163 g/mol. The van der Waals surface area contributed by atoms with E-state index in [0.717, 1.165) is 25.9 Å². The molecule has 2 rings (SSSR count).